The third-order valence-corrected chi connectivity index (χ3v) is 6.27. The van der Waals surface area contributed by atoms with Gasteiger partial charge in [-0.1, -0.05) is 36.4 Å². The number of rotatable bonds is 4. The topological polar surface area (TPSA) is 24.3 Å². The van der Waals surface area contributed by atoms with Crippen LogP contribution in [0.1, 0.15) is 29.5 Å². The predicted octanol–water partition coefficient (Wildman–Crippen LogP) is 3.90. The van der Waals surface area contributed by atoms with Gasteiger partial charge in [0.05, 0.1) is 5.69 Å². The van der Waals surface area contributed by atoms with E-state index in [1.54, 1.807) is 5.56 Å². The van der Waals surface area contributed by atoms with Gasteiger partial charge in [-0.15, -0.1) is 0 Å². The molecule has 2 aromatic carbocycles. The van der Waals surface area contributed by atoms with Gasteiger partial charge in [-0.05, 0) is 60.7 Å². The summed E-state index contributed by atoms with van der Waals surface area (Å²) in [4.78, 5) is 5.35. The maximum Gasteiger partial charge on any atom is 0.0645 e. The third kappa shape index (κ3) is 3.75. The number of piperidine rings is 1. The Hall–Kier alpha value is -2.43. The molecule has 1 aromatic heterocycles. The number of likely N-dealkylation sites (tertiary alicyclic amines) is 1. The molecule has 4 heteroatoms. The van der Waals surface area contributed by atoms with Gasteiger partial charge < -0.3 is 0 Å². The van der Waals surface area contributed by atoms with Crippen molar-refractivity contribution < 1.29 is 0 Å². The van der Waals surface area contributed by atoms with Crippen LogP contribution in [0.4, 0.5) is 0 Å². The maximum absolute atomic E-state index is 4.31. The second-order valence-electron chi connectivity index (χ2n) is 8.14. The molecule has 2 aliphatic rings. The van der Waals surface area contributed by atoms with E-state index < -0.39 is 0 Å². The zero-order valence-electron chi connectivity index (χ0n) is 16.4. The molecule has 1 fully saturated rings. The molecule has 2 aliphatic heterocycles. The van der Waals surface area contributed by atoms with Crippen LogP contribution in [0.5, 0.6) is 0 Å². The molecule has 3 heterocycles. The van der Waals surface area contributed by atoms with Crippen LogP contribution in [-0.2, 0) is 19.5 Å². The Labute approximate surface area is 167 Å². The van der Waals surface area contributed by atoms with E-state index in [1.165, 1.54) is 50.0 Å². The van der Waals surface area contributed by atoms with Crippen LogP contribution < -0.4 is 0 Å². The smallest absolute Gasteiger partial charge is 0.0645 e. The lowest BCUT2D eigenvalue weighted by atomic mass is 9.96. The first-order chi connectivity index (χ1) is 13.8. The van der Waals surface area contributed by atoms with Gasteiger partial charge in [0.15, 0.2) is 0 Å². The van der Waals surface area contributed by atoms with Crippen LogP contribution in [0, 0.1) is 0 Å². The predicted molar refractivity (Wildman–Crippen MR) is 112 cm³/mol. The van der Waals surface area contributed by atoms with Crippen LogP contribution in [0.25, 0.3) is 5.69 Å². The molecule has 1 atom stereocenters. The zero-order chi connectivity index (χ0) is 18.8. The van der Waals surface area contributed by atoms with Crippen LogP contribution in [0.3, 0.4) is 0 Å². The first kappa shape index (κ1) is 17.7. The average Bonchev–Trinajstić information content (AvgIpc) is 3.29. The summed E-state index contributed by atoms with van der Waals surface area (Å²) < 4.78 is 1.91. The van der Waals surface area contributed by atoms with E-state index in [0.717, 1.165) is 18.8 Å². The van der Waals surface area contributed by atoms with E-state index in [1.807, 2.05) is 23.1 Å². The maximum atomic E-state index is 4.31. The van der Waals surface area contributed by atoms with E-state index in [9.17, 15) is 0 Å². The fourth-order valence-corrected chi connectivity index (χ4v) is 4.74. The van der Waals surface area contributed by atoms with Crippen LogP contribution >= 0.6 is 0 Å². The lowest BCUT2D eigenvalue weighted by Gasteiger charge is -2.41. The Balaban J connectivity index is 1.21. The highest BCUT2D eigenvalue weighted by Crippen LogP contribution is 2.25. The summed E-state index contributed by atoms with van der Waals surface area (Å²) in [5, 5.41) is 4.31. The molecule has 0 radical (unpaired) electrons. The molecule has 28 heavy (non-hydrogen) atoms. The highest BCUT2D eigenvalue weighted by molar-refractivity contribution is 5.34. The largest absolute Gasteiger partial charge is 0.298 e. The first-order valence-electron chi connectivity index (χ1n) is 10.5. The number of nitrogens with zero attached hydrogens (tertiary/aromatic N) is 4. The molecule has 4 nitrogen and oxygen atoms in total. The summed E-state index contributed by atoms with van der Waals surface area (Å²) in [7, 11) is 0. The van der Waals surface area contributed by atoms with Crippen molar-refractivity contribution in [2.45, 2.75) is 38.4 Å². The van der Waals surface area contributed by atoms with Gasteiger partial charge in [0.25, 0.3) is 0 Å². The van der Waals surface area contributed by atoms with Gasteiger partial charge in [0, 0.05) is 44.6 Å². The normalized spacial score (nSPS) is 20.8. The molecule has 0 N–H and O–H groups in total. The van der Waals surface area contributed by atoms with Crippen molar-refractivity contribution in [1.29, 1.82) is 0 Å². The van der Waals surface area contributed by atoms with Gasteiger partial charge in [0.2, 0.25) is 0 Å². The van der Waals surface area contributed by atoms with Gasteiger partial charge in [-0.25, -0.2) is 4.68 Å². The fraction of sp³-hybridized carbons (Fsp3) is 0.375. The summed E-state index contributed by atoms with van der Waals surface area (Å²) in [5.74, 6) is 0. The molecule has 3 aromatic rings. The lowest BCUT2D eigenvalue weighted by molar-refractivity contribution is 0.0838. The summed E-state index contributed by atoms with van der Waals surface area (Å²) in [6.07, 6.45) is 7.63. The molecular weight excluding hydrogens is 344 g/mol. The molecule has 0 amide bonds. The highest BCUT2D eigenvalue weighted by atomic mass is 15.3. The second-order valence-corrected chi connectivity index (χ2v) is 8.14. The van der Waals surface area contributed by atoms with Crippen molar-refractivity contribution >= 4 is 0 Å². The minimum absolute atomic E-state index is 0.686. The van der Waals surface area contributed by atoms with E-state index in [4.69, 9.17) is 0 Å². The van der Waals surface area contributed by atoms with Gasteiger partial charge in [0.1, 0.15) is 0 Å². The zero-order valence-corrected chi connectivity index (χ0v) is 16.4. The summed E-state index contributed by atoms with van der Waals surface area (Å²) in [6.45, 7) is 5.76. The van der Waals surface area contributed by atoms with Crippen molar-refractivity contribution in [3.05, 3.63) is 83.7 Å². The highest BCUT2D eigenvalue weighted by Gasteiger charge is 2.27. The lowest BCUT2D eigenvalue weighted by Crippen LogP contribution is -2.49. The molecule has 0 bridgehead atoms. The van der Waals surface area contributed by atoms with Crippen molar-refractivity contribution in [2.75, 3.05) is 19.6 Å². The molecule has 1 saturated heterocycles. The average molecular weight is 373 g/mol. The summed E-state index contributed by atoms with van der Waals surface area (Å²) in [6, 6.07) is 20.4. The Morgan fingerprint density at radius 2 is 1.79 bits per heavy atom. The standard InChI is InChI=1S/C24H28N4/c1-2-6-22-18-27(16-12-21(22)5-1)24-7-3-14-26(19-24)17-20-8-10-23(11-9-20)28-15-4-13-25-28/h1-2,4-6,8-11,13,15,24H,3,7,12,14,16-19H2. The molecule has 5 rings (SSSR count). The Morgan fingerprint density at radius 3 is 2.61 bits per heavy atom. The Morgan fingerprint density at radius 1 is 0.929 bits per heavy atom. The number of hydrogen-bond donors (Lipinski definition) is 0. The number of fused-ring (bicyclic) bond motifs is 1. The minimum atomic E-state index is 0.686. The van der Waals surface area contributed by atoms with E-state index in [0.29, 0.717) is 6.04 Å². The van der Waals surface area contributed by atoms with Crippen molar-refractivity contribution in [1.82, 2.24) is 19.6 Å². The van der Waals surface area contributed by atoms with Crippen molar-refractivity contribution in [3.63, 3.8) is 0 Å². The first-order valence-corrected chi connectivity index (χ1v) is 10.5. The quantitative estimate of drug-likeness (QED) is 0.694. The van der Waals surface area contributed by atoms with Crippen molar-refractivity contribution in [3.8, 4) is 5.69 Å². The van der Waals surface area contributed by atoms with Crippen LogP contribution in [-0.4, -0.2) is 45.3 Å². The van der Waals surface area contributed by atoms with Crippen molar-refractivity contribution in [2.24, 2.45) is 0 Å². The molecule has 1 unspecified atom stereocenters. The Bertz CT molecular complexity index is 901. The van der Waals surface area contributed by atoms with E-state index in [2.05, 4.69) is 63.4 Å². The minimum Gasteiger partial charge on any atom is -0.298 e. The molecule has 0 aliphatic carbocycles. The van der Waals surface area contributed by atoms with Crippen LogP contribution in [0.2, 0.25) is 0 Å². The number of aromatic nitrogens is 2. The van der Waals surface area contributed by atoms with E-state index in [-0.39, 0.29) is 0 Å². The number of hydrogen-bond acceptors (Lipinski definition) is 3. The molecule has 0 saturated carbocycles. The monoisotopic (exact) mass is 372 g/mol. The Kier molecular flexibility index (Phi) is 4.98. The summed E-state index contributed by atoms with van der Waals surface area (Å²) >= 11 is 0. The van der Waals surface area contributed by atoms with Gasteiger partial charge in [-0.2, -0.15) is 5.10 Å². The van der Waals surface area contributed by atoms with Crippen LogP contribution in [0.15, 0.2) is 67.0 Å². The molecular formula is C24H28N4. The van der Waals surface area contributed by atoms with Gasteiger partial charge in [-0.3, -0.25) is 9.80 Å². The number of benzene rings is 2. The third-order valence-electron chi connectivity index (χ3n) is 6.27. The van der Waals surface area contributed by atoms with Gasteiger partial charge >= 0.3 is 0 Å². The molecule has 0 spiro atoms. The fourth-order valence-electron chi connectivity index (χ4n) is 4.74. The molecule has 144 valence electrons. The SMILES string of the molecule is c1ccc2c(c1)CCN(C1CCCN(Cc3ccc(-n4cccn4)cc3)C1)C2. The second kappa shape index (κ2) is 7.90. The van der Waals surface area contributed by atoms with E-state index >= 15 is 0 Å². The summed E-state index contributed by atoms with van der Waals surface area (Å²) in [5.41, 5.74) is 5.58.